The number of esters is 3. The molecule has 7 nitrogen and oxygen atoms in total. The van der Waals surface area contributed by atoms with E-state index in [9.17, 15) is 14.4 Å². The Morgan fingerprint density at radius 2 is 1.72 bits per heavy atom. The van der Waals surface area contributed by atoms with Crippen molar-refractivity contribution in [2.45, 2.75) is 27.4 Å². The third-order valence-corrected chi connectivity index (χ3v) is 3.76. The van der Waals surface area contributed by atoms with Gasteiger partial charge in [-0.05, 0) is 54.1 Å². The molecular weight excluding hydrogens is 441 g/mol. The summed E-state index contributed by atoms with van der Waals surface area (Å²) >= 11 is 2.07. The minimum atomic E-state index is -1.21. The number of nitrogens with zero attached hydrogens (tertiary/aromatic N) is 1. The van der Waals surface area contributed by atoms with Crippen molar-refractivity contribution < 1.29 is 28.6 Å². The molecule has 0 amide bonds. The van der Waals surface area contributed by atoms with Crippen LogP contribution in [0.4, 0.5) is 5.69 Å². The average Bonchev–Trinajstić information content (AvgIpc) is 2.55. The van der Waals surface area contributed by atoms with E-state index in [0.29, 0.717) is 5.69 Å². The van der Waals surface area contributed by atoms with E-state index >= 15 is 0 Å². The van der Waals surface area contributed by atoms with Crippen molar-refractivity contribution in [3.63, 3.8) is 0 Å². The highest BCUT2D eigenvalue weighted by atomic mass is 127. The Kier molecular flexibility index (Phi) is 9.11. The van der Waals surface area contributed by atoms with Crippen molar-refractivity contribution in [3.05, 3.63) is 27.3 Å². The quantitative estimate of drug-likeness (QED) is 0.195. The fourth-order valence-electron chi connectivity index (χ4n) is 1.77. The van der Waals surface area contributed by atoms with Gasteiger partial charge >= 0.3 is 17.9 Å². The van der Waals surface area contributed by atoms with E-state index in [4.69, 9.17) is 14.2 Å². The number of hydrogen-bond donors (Lipinski definition) is 0. The Balaban J connectivity index is 2.93. The Morgan fingerprint density at radius 1 is 1.12 bits per heavy atom. The number of benzene rings is 1. The van der Waals surface area contributed by atoms with Crippen LogP contribution in [0.3, 0.4) is 0 Å². The van der Waals surface area contributed by atoms with E-state index in [2.05, 4.69) is 27.6 Å². The van der Waals surface area contributed by atoms with Gasteiger partial charge in [0.15, 0.2) is 5.92 Å². The van der Waals surface area contributed by atoms with Gasteiger partial charge in [-0.15, -0.1) is 0 Å². The lowest BCUT2D eigenvalue weighted by Gasteiger charge is -2.10. The monoisotopic (exact) mass is 461 g/mol. The molecule has 0 heterocycles. The second kappa shape index (κ2) is 10.8. The lowest BCUT2D eigenvalue weighted by Crippen LogP contribution is -2.29. The summed E-state index contributed by atoms with van der Waals surface area (Å²) in [6.45, 7) is 5.14. The van der Waals surface area contributed by atoms with Gasteiger partial charge in [-0.2, -0.15) is 0 Å². The molecule has 1 rings (SSSR count). The molecule has 1 aromatic carbocycles. The zero-order chi connectivity index (χ0) is 18.8. The van der Waals surface area contributed by atoms with Crippen LogP contribution < -0.4 is 0 Å². The summed E-state index contributed by atoms with van der Waals surface area (Å²) in [5, 5.41) is 0. The van der Waals surface area contributed by atoms with Gasteiger partial charge in [-0.3, -0.25) is 19.4 Å². The van der Waals surface area contributed by atoms with E-state index in [1.807, 2.05) is 0 Å². The molecule has 1 aromatic rings. The molecule has 0 aliphatic heterocycles. The van der Waals surface area contributed by atoms with Crippen molar-refractivity contribution in [1.82, 2.24) is 0 Å². The summed E-state index contributed by atoms with van der Waals surface area (Å²) in [6.07, 6.45) is 1.22. The molecule has 0 atom stereocenters. The lowest BCUT2D eigenvalue weighted by atomic mass is 10.1. The Morgan fingerprint density at radius 3 is 2.20 bits per heavy atom. The summed E-state index contributed by atoms with van der Waals surface area (Å²) < 4.78 is 15.5. The second-order valence-electron chi connectivity index (χ2n) is 4.83. The van der Waals surface area contributed by atoms with Crippen molar-refractivity contribution in [2.24, 2.45) is 10.9 Å². The average molecular weight is 461 g/mol. The molecule has 0 saturated carbocycles. The molecule has 25 heavy (non-hydrogen) atoms. The smallest absolute Gasteiger partial charge is 0.325 e. The van der Waals surface area contributed by atoms with E-state index in [0.717, 1.165) is 9.13 Å². The van der Waals surface area contributed by atoms with Crippen LogP contribution in [0.15, 0.2) is 23.2 Å². The zero-order valence-corrected chi connectivity index (χ0v) is 16.4. The Hall–Kier alpha value is -1.97. The van der Waals surface area contributed by atoms with Crippen molar-refractivity contribution in [1.29, 1.82) is 0 Å². The van der Waals surface area contributed by atoms with Gasteiger partial charge in [-0.25, -0.2) is 0 Å². The molecule has 0 spiro atoms. The minimum absolute atomic E-state index is 0.158. The SMILES string of the molecule is CCOC(=O)C(C=Nc1ccc(COC(C)=O)cc1I)C(=O)OCC. The van der Waals surface area contributed by atoms with Crippen LogP contribution in [0.1, 0.15) is 26.3 Å². The van der Waals surface area contributed by atoms with Gasteiger partial charge in [0.05, 0.1) is 18.9 Å². The number of hydrogen-bond acceptors (Lipinski definition) is 7. The molecule has 0 aliphatic carbocycles. The summed E-state index contributed by atoms with van der Waals surface area (Å²) in [4.78, 5) is 38.9. The van der Waals surface area contributed by atoms with Crippen LogP contribution in [-0.2, 0) is 35.2 Å². The maximum Gasteiger partial charge on any atom is 0.325 e. The molecule has 0 aliphatic rings. The van der Waals surface area contributed by atoms with Crippen molar-refractivity contribution in [3.8, 4) is 0 Å². The first-order valence-corrected chi connectivity index (χ1v) is 8.76. The normalized spacial score (nSPS) is 10.8. The summed E-state index contributed by atoms with van der Waals surface area (Å²) in [6, 6.07) is 5.27. The van der Waals surface area contributed by atoms with Crippen molar-refractivity contribution in [2.75, 3.05) is 13.2 Å². The highest BCUT2D eigenvalue weighted by molar-refractivity contribution is 14.1. The number of aliphatic imine (C=N–C) groups is 1. The number of halogens is 1. The van der Waals surface area contributed by atoms with Gasteiger partial charge in [-0.1, -0.05) is 6.07 Å². The molecule has 0 fully saturated rings. The summed E-state index contributed by atoms with van der Waals surface area (Å²) in [5.74, 6) is -2.97. The second-order valence-corrected chi connectivity index (χ2v) is 5.99. The number of rotatable bonds is 8. The van der Waals surface area contributed by atoms with Crippen LogP contribution in [0.5, 0.6) is 0 Å². The summed E-state index contributed by atoms with van der Waals surface area (Å²) in [5.41, 5.74) is 1.39. The number of ether oxygens (including phenoxy) is 3. The van der Waals surface area contributed by atoms with Crippen LogP contribution in [-0.4, -0.2) is 37.3 Å². The number of carbonyl (C=O) groups is 3. The van der Waals surface area contributed by atoms with Gasteiger partial charge in [0.2, 0.25) is 0 Å². The standard InChI is InChI=1S/C17H20INO6/c1-4-23-16(21)13(17(22)24-5-2)9-19-15-7-6-12(8-14(15)18)10-25-11(3)20/h6-9,13H,4-5,10H2,1-3H3. The predicted octanol–water partition coefficient (Wildman–Crippen LogP) is 2.80. The maximum atomic E-state index is 11.9. The fraction of sp³-hybridized carbons (Fsp3) is 0.412. The third kappa shape index (κ3) is 7.20. The van der Waals surface area contributed by atoms with Gasteiger partial charge in [0.1, 0.15) is 6.61 Å². The molecule has 0 N–H and O–H groups in total. The van der Waals surface area contributed by atoms with E-state index < -0.39 is 17.9 Å². The Labute approximate surface area is 159 Å². The largest absolute Gasteiger partial charge is 0.465 e. The van der Waals surface area contributed by atoms with Crippen LogP contribution >= 0.6 is 22.6 Å². The first kappa shape index (κ1) is 21.1. The Bertz CT molecular complexity index is 641. The highest BCUT2D eigenvalue weighted by Crippen LogP contribution is 2.23. The topological polar surface area (TPSA) is 91.3 Å². The zero-order valence-electron chi connectivity index (χ0n) is 14.3. The molecular formula is C17H20INO6. The van der Waals surface area contributed by atoms with E-state index in [1.54, 1.807) is 32.0 Å². The van der Waals surface area contributed by atoms with E-state index in [-0.39, 0.29) is 25.8 Å². The molecule has 0 unspecified atom stereocenters. The van der Waals surface area contributed by atoms with Gasteiger partial charge < -0.3 is 14.2 Å². The minimum Gasteiger partial charge on any atom is -0.465 e. The first-order chi connectivity index (χ1) is 11.9. The highest BCUT2D eigenvalue weighted by Gasteiger charge is 2.27. The third-order valence-electron chi connectivity index (χ3n) is 2.90. The fourth-order valence-corrected chi connectivity index (χ4v) is 2.49. The molecule has 0 radical (unpaired) electrons. The molecule has 0 bridgehead atoms. The molecule has 0 saturated heterocycles. The molecule has 8 heteroatoms. The van der Waals surface area contributed by atoms with Crippen LogP contribution in [0, 0.1) is 9.49 Å². The first-order valence-electron chi connectivity index (χ1n) is 7.68. The van der Waals surface area contributed by atoms with Crippen LogP contribution in [0.2, 0.25) is 0 Å². The van der Waals surface area contributed by atoms with Gasteiger partial charge in [0.25, 0.3) is 0 Å². The number of carbonyl (C=O) groups excluding carboxylic acids is 3. The predicted molar refractivity (Wildman–Crippen MR) is 99.5 cm³/mol. The molecule has 136 valence electrons. The van der Waals surface area contributed by atoms with Gasteiger partial charge in [0, 0.05) is 16.7 Å². The maximum absolute atomic E-state index is 11.9. The van der Waals surface area contributed by atoms with Crippen molar-refractivity contribution >= 4 is 52.4 Å². The van der Waals surface area contributed by atoms with Crippen LogP contribution in [0.25, 0.3) is 0 Å². The molecule has 0 aromatic heterocycles. The van der Waals surface area contributed by atoms with E-state index in [1.165, 1.54) is 13.1 Å². The summed E-state index contributed by atoms with van der Waals surface area (Å²) in [7, 11) is 0. The lowest BCUT2D eigenvalue weighted by molar-refractivity contribution is -0.157.